The fourth-order valence-corrected chi connectivity index (χ4v) is 7.41. The molecular weight excluding hydrogens is 570 g/mol. The lowest BCUT2D eigenvalue weighted by Crippen LogP contribution is -2.01. The Hall–Kier alpha value is -5.10. The minimum absolute atomic E-state index is 0.515. The molecule has 4 nitrogen and oxygen atoms in total. The van der Waals surface area contributed by atoms with Crippen molar-refractivity contribution in [2.45, 2.75) is 0 Å². The largest absolute Gasteiger partial charge is 0.456 e. The van der Waals surface area contributed by atoms with E-state index < -0.39 is 0 Å². The first-order valence-corrected chi connectivity index (χ1v) is 15.2. The molecule has 43 heavy (non-hydrogen) atoms. The van der Waals surface area contributed by atoms with Crippen LogP contribution in [0.4, 0.5) is 0 Å². The number of para-hydroxylation sites is 1. The number of furan rings is 1. The molecule has 0 unspecified atom stereocenters. The number of thiophene rings is 1. The highest BCUT2D eigenvalue weighted by Crippen LogP contribution is 2.41. The minimum atomic E-state index is 0.515. The Morgan fingerprint density at radius 3 is 2.00 bits per heavy atom. The topological polar surface area (TPSA) is 51.8 Å². The van der Waals surface area contributed by atoms with Crippen LogP contribution in [0.1, 0.15) is 0 Å². The Balaban J connectivity index is 1.36. The molecule has 6 aromatic carbocycles. The SMILES string of the molecule is Clc1cc2oc3ccccc3c2cc1-c1nc(-c2cccc3ccccc23)nc(-c2cccc3sc4ccccc4c23)n1. The molecule has 0 saturated carbocycles. The van der Waals surface area contributed by atoms with Gasteiger partial charge >= 0.3 is 0 Å². The summed E-state index contributed by atoms with van der Waals surface area (Å²) >= 11 is 8.73. The van der Waals surface area contributed by atoms with Gasteiger partial charge in [0.1, 0.15) is 11.2 Å². The molecule has 0 saturated heterocycles. The molecular formula is C37H20ClN3OS. The number of aromatic nitrogens is 3. The molecule has 0 radical (unpaired) electrons. The zero-order valence-electron chi connectivity index (χ0n) is 22.6. The minimum Gasteiger partial charge on any atom is -0.456 e. The molecule has 0 bridgehead atoms. The van der Waals surface area contributed by atoms with Crippen molar-refractivity contribution in [1.82, 2.24) is 15.0 Å². The quantitative estimate of drug-likeness (QED) is 0.206. The van der Waals surface area contributed by atoms with Crippen LogP contribution in [-0.4, -0.2) is 15.0 Å². The molecule has 6 heteroatoms. The summed E-state index contributed by atoms with van der Waals surface area (Å²) in [6.07, 6.45) is 0. The van der Waals surface area contributed by atoms with Gasteiger partial charge in [0.15, 0.2) is 17.5 Å². The molecule has 0 amide bonds. The highest BCUT2D eigenvalue weighted by molar-refractivity contribution is 7.25. The van der Waals surface area contributed by atoms with Crippen LogP contribution in [-0.2, 0) is 0 Å². The Morgan fingerprint density at radius 2 is 1.12 bits per heavy atom. The fraction of sp³-hybridized carbons (Fsp3) is 0. The van der Waals surface area contributed by atoms with Crippen molar-refractivity contribution in [2.75, 3.05) is 0 Å². The fourth-order valence-electron chi connectivity index (χ4n) is 6.04. The van der Waals surface area contributed by atoms with E-state index in [9.17, 15) is 0 Å². The second kappa shape index (κ2) is 9.46. The average molecular weight is 590 g/mol. The molecule has 3 heterocycles. The van der Waals surface area contributed by atoms with Crippen LogP contribution in [0, 0.1) is 0 Å². The number of benzene rings is 6. The van der Waals surface area contributed by atoms with Gasteiger partial charge in [-0.3, -0.25) is 0 Å². The number of nitrogens with zero attached hydrogens (tertiary/aromatic N) is 3. The van der Waals surface area contributed by atoms with Crippen molar-refractivity contribution in [3.05, 3.63) is 126 Å². The lowest BCUT2D eigenvalue weighted by atomic mass is 10.0. The van der Waals surface area contributed by atoms with Crippen molar-refractivity contribution in [2.24, 2.45) is 0 Å². The zero-order valence-corrected chi connectivity index (χ0v) is 24.2. The molecule has 9 aromatic rings. The summed E-state index contributed by atoms with van der Waals surface area (Å²) in [5.41, 5.74) is 4.18. The van der Waals surface area contributed by atoms with Crippen LogP contribution in [0.3, 0.4) is 0 Å². The highest BCUT2D eigenvalue weighted by Gasteiger charge is 2.20. The van der Waals surface area contributed by atoms with Gasteiger partial charge < -0.3 is 4.42 Å². The molecule has 0 N–H and O–H groups in total. The molecule has 0 aliphatic rings. The lowest BCUT2D eigenvalue weighted by molar-refractivity contribution is 0.669. The molecule has 0 fully saturated rings. The number of hydrogen-bond acceptors (Lipinski definition) is 5. The van der Waals surface area contributed by atoms with Crippen LogP contribution in [0.25, 0.3) is 87.0 Å². The summed E-state index contributed by atoms with van der Waals surface area (Å²) in [7, 11) is 0. The van der Waals surface area contributed by atoms with Crippen molar-refractivity contribution in [1.29, 1.82) is 0 Å². The van der Waals surface area contributed by atoms with Gasteiger partial charge in [-0.1, -0.05) is 103 Å². The van der Waals surface area contributed by atoms with Crippen molar-refractivity contribution in [3.63, 3.8) is 0 Å². The Kier molecular flexibility index (Phi) is 5.39. The van der Waals surface area contributed by atoms with Crippen LogP contribution in [0.5, 0.6) is 0 Å². The Labute approximate surface area is 254 Å². The van der Waals surface area contributed by atoms with Gasteiger partial charge in [-0.15, -0.1) is 11.3 Å². The first-order chi connectivity index (χ1) is 21.2. The molecule has 202 valence electrons. The first-order valence-electron chi connectivity index (χ1n) is 14.0. The number of fused-ring (bicyclic) bond motifs is 7. The lowest BCUT2D eigenvalue weighted by Gasteiger charge is -2.12. The highest BCUT2D eigenvalue weighted by atomic mass is 35.5. The van der Waals surface area contributed by atoms with E-state index in [-0.39, 0.29) is 0 Å². The van der Waals surface area contributed by atoms with E-state index in [1.807, 2.05) is 48.5 Å². The number of rotatable bonds is 3. The van der Waals surface area contributed by atoms with E-state index in [0.717, 1.165) is 54.8 Å². The standard InChI is InChI=1S/C37H20ClN3OS/c38-29-20-31-27(23-12-3-5-16-30(23)42-31)19-28(29)37-40-35(24-14-7-10-21-9-1-2-11-22(21)24)39-36(41-37)26-15-8-18-33-34(26)25-13-4-6-17-32(25)43-33/h1-20H. The summed E-state index contributed by atoms with van der Waals surface area (Å²) in [6.45, 7) is 0. The molecule has 3 aromatic heterocycles. The molecule has 0 aliphatic carbocycles. The van der Waals surface area contributed by atoms with Crippen molar-refractivity contribution in [3.8, 4) is 34.2 Å². The maximum atomic E-state index is 6.95. The van der Waals surface area contributed by atoms with Crippen molar-refractivity contribution < 1.29 is 4.42 Å². The summed E-state index contributed by atoms with van der Waals surface area (Å²) in [5.74, 6) is 1.72. The predicted molar refractivity (Wildman–Crippen MR) is 179 cm³/mol. The van der Waals surface area contributed by atoms with Gasteiger partial charge in [0.05, 0.1) is 5.02 Å². The average Bonchev–Trinajstić information content (AvgIpc) is 3.61. The molecule has 0 spiro atoms. The Bertz CT molecular complexity index is 2540. The van der Waals surface area contributed by atoms with Gasteiger partial charge in [0.2, 0.25) is 0 Å². The van der Waals surface area contributed by atoms with Gasteiger partial charge in [-0.2, -0.15) is 0 Å². The van der Waals surface area contributed by atoms with Crippen LogP contribution >= 0.6 is 22.9 Å². The number of halogens is 1. The van der Waals surface area contributed by atoms with Crippen molar-refractivity contribution >= 4 is 75.8 Å². The summed E-state index contributed by atoms with van der Waals surface area (Å²) < 4.78 is 8.52. The third-order valence-corrected chi connectivity index (χ3v) is 9.47. The van der Waals surface area contributed by atoms with E-state index in [1.165, 1.54) is 14.8 Å². The summed E-state index contributed by atoms with van der Waals surface area (Å²) in [6, 6.07) is 41.2. The molecule has 0 atom stereocenters. The zero-order chi connectivity index (χ0) is 28.5. The third kappa shape index (κ3) is 3.86. The Morgan fingerprint density at radius 1 is 0.488 bits per heavy atom. The second-order valence-corrected chi connectivity index (χ2v) is 12.0. The van der Waals surface area contributed by atoms with Gasteiger partial charge in [0, 0.05) is 53.7 Å². The predicted octanol–water partition coefficient (Wildman–Crippen LogP) is 10.9. The summed E-state index contributed by atoms with van der Waals surface area (Å²) in [5, 5.41) is 7.05. The van der Waals surface area contributed by atoms with E-state index >= 15 is 0 Å². The van der Waals surface area contributed by atoms with E-state index in [1.54, 1.807) is 11.3 Å². The maximum absolute atomic E-state index is 6.95. The van der Waals surface area contributed by atoms with E-state index in [4.69, 9.17) is 31.0 Å². The number of hydrogen-bond donors (Lipinski definition) is 0. The van der Waals surface area contributed by atoms with Crippen LogP contribution in [0.15, 0.2) is 126 Å². The third-order valence-electron chi connectivity index (χ3n) is 8.02. The monoisotopic (exact) mass is 589 g/mol. The summed E-state index contributed by atoms with van der Waals surface area (Å²) in [4.78, 5) is 15.3. The van der Waals surface area contributed by atoms with Crippen LogP contribution in [0.2, 0.25) is 5.02 Å². The van der Waals surface area contributed by atoms with Gasteiger partial charge in [-0.05, 0) is 35.0 Å². The van der Waals surface area contributed by atoms with E-state index in [2.05, 4.69) is 72.8 Å². The normalized spacial score (nSPS) is 11.8. The van der Waals surface area contributed by atoms with E-state index in [0.29, 0.717) is 22.5 Å². The first kappa shape index (κ1) is 24.5. The maximum Gasteiger partial charge on any atom is 0.165 e. The second-order valence-electron chi connectivity index (χ2n) is 10.5. The van der Waals surface area contributed by atoms with Crippen LogP contribution < -0.4 is 0 Å². The molecule has 9 rings (SSSR count). The van der Waals surface area contributed by atoms with Gasteiger partial charge in [0.25, 0.3) is 0 Å². The van der Waals surface area contributed by atoms with Gasteiger partial charge in [-0.25, -0.2) is 15.0 Å². The molecule has 0 aliphatic heterocycles. The smallest absolute Gasteiger partial charge is 0.165 e.